The van der Waals surface area contributed by atoms with Gasteiger partial charge in [-0.2, -0.15) is 0 Å². The van der Waals surface area contributed by atoms with Crippen molar-refractivity contribution in [2.45, 2.75) is 85.0 Å². The molecule has 22 heavy (non-hydrogen) atoms. The van der Waals surface area contributed by atoms with Gasteiger partial charge in [0, 0.05) is 35.4 Å². The van der Waals surface area contributed by atoms with E-state index in [4.69, 9.17) is 0 Å². The molecule has 1 aromatic carbocycles. The number of fused-ring (bicyclic) bond motifs is 1. The molecule has 1 unspecified atom stereocenters. The quantitative estimate of drug-likeness (QED) is 0.857. The Balaban J connectivity index is 2.46. The maximum atomic E-state index is 14.6. The van der Waals surface area contributed by atoms with Gasteiger partial charge >= 0.3 is 0 Å². The minimum Gasteiger partial charge on any atom is -0.364 e. The number of hydrogen-bond acceptors (Lipinski definition) is 2. The maximum absolute atomic E-state index is 14.6. The zero-order valence-corrected chi connectivity index (χ0v) is 15.1. The fraction of sp³-hybridized carbons (Fsp3) is 0.684. The molecule has 3 heteroatoms. The topological polar surface area (TPSA) is 15.3 Å². The fourth-order valence-corrected chi connectivity index (χ4v) is 3.94. The number of halogens is 1. The third-order valence-electron chi connectivity index (χ3n) is 4.66. The summed E-state index contributed by atoms with van der Waals surface area (Å²) in [5.74, 6) is 0.362. The molecule has 2 rings (SSSR count). The van der Waals surface area contributed by atoms with Crippen LogP contribution in [-0.4, -0.2) is 17.6 Å². The molecule has 124 valence electrons. The largest absolute Gasteiger partial charge is 0.364 e. The summed E-state index contributed by atoms with van der Waals surface area (Å²) in [6, 6.07) is 4.55. The van der Waals surface area contributed by atoms with Gasteiger partial charge < -0.3 is 10.2 Å². The summed E-state index contributed by atoms with van der Waals surface area (Å²) in [5, 5.41) is 3.32. The van der Waals surface area contributed by atoms with Gasteiger partial charge in [-0.1, -0.05) is 20.8 Å². The van der Waals surface area contributed by atoms with Crippen molar-refractivity contribution in [3.8, 4) is 0 Å². The molecule has 1 aromatic rings. The van der Waals surface area contributed by atoms with Crippen molar-refractivity contribution < 1.29 is 4.39 Å². The van der Waals surface area contributed by atoms with Crippen LogP contribution >= 0.6 is 0 Å². The Morgan fingerprint density at radius 2 is 1.91 bits per heavy atom. The van der Waals surface area contributed by atoms with Gasteiger partial charge in [0.25, 0.3) is 0 Å². The highest BCUT2D eigenvalue weighted by atomic mass is 19.1. The molecule has 0 amide bonds. The summed E-state index contributed by atoms with van der Waals surface area (Å²) >= 11 is 0. The normalized spacial score (nSPS) is 20.6. The third kappa shape index (κ3) is 3.29. The lowest BCUT2D eigenvalue weighted by molar-refractivity contribution is 0.354. The first-order valence-electron chi connectivity index (χ1n) is 8.48. The molecule has 1 aliphatic heterocycles. The molecule has 1 N–H and O–H groups in total. The summed E-state index contributed by atoms with van der Waals surface area (Å²) < 4.78 is 14.6. The van der Waals surface area contributed by atoms with E-state index in [0.717, 1.165) is 17.7 Å². The van der Waals surface area contributed by atoms with E-state index >= 15 is 0 Å². The van der Waals surface area contributed by atoms with Crippen molar-refractivity contribution in [2.75, 3.05) is 4.90 Å². The molecule has 0 saturated heterocycles. The van der Waals surface area contributed by atoms with Gasteiger partial charge in [-0.05, 0) is 57.7 Å². The van der Waals surface area contributed by atoms with Gasteiger partial charge in [-0.25, -0.2) is 4.39 Å². The number of nitrogens with one attached hydrogen (secondary N) is 1. The number of benzene rings is 1. The van der Waals surface area contributed by atoms with Gasteiger partial charge in [0.15, 0.2) is 0 Å². The molecule has 0 radical (unpaired) electrons. The Kier molecular flexibility index (Phi) is 4.86. The van der Waals surface area contributed by atoms with Crippen LogP contribution in [0.5, 0.6) is 0 Å². The lowest BCUT2D eigenvalue weighted by atomic mass is 9.78. The van der Waals surface area contributed by atoms with Crippen molar-refractivity contribution >= 4 is 5.69 Å². The summed E-state index contributed by atoms with van der Waals surface area (Å²) in [6.07, 6.45) is 1.10. The smallest absolute Gasteiger partial charge is 0.129 e. The molecule has 1 heterocycles. The average molecular weight is 306 g/mol. The highest BCUT2D eigenvalue weighted by Crippen LogP contribution is 2.45. The van der Waals surface area contributed by atoms with Gasteiger partial charge in [-0.3, -0.25) is 0 Å². The molecule has 0 aromatic heterocycles. The summed E-state index contributed by atoms with van der Waals surface area (Å²) in [7, 11) is 0. The van der Waals surface area contributed by atoms with Crippen LogP contribution in [0.3, 0.4) is 0 Å². The van der Waals surface area contributed by atoms with Crippen molar-refractivity contribution in [3.63, 3.8) is 0 Å². The van der Waals surface area contributed by atoms with E-state index in [1.807, 2.05) is 0 Å². The molecule has 0 fully saturated rings. The summed E-state index contributed by atoms with van der Waals surface area (Å²) in [4.78, 5) is 2.38. The SMILES string of the molecule is CC(C)NCc1cc2c(cc1F)N(C(C)C)C(C)(C)CC2C. The molecule has 0 bridgehead atoms. The standard InChI is InChI=1S/C19H31FN2/c1-12(2)21-11-15-8-16-14(5)10-19(6,7)22(13(3)4)18(16)9-17(15)20/h8-9,12-14,21H,10-11H2,1-7H3. The zero-order valence-electron chi connectivity index (χ0n) is 15.1. The molecule has 0 aliphatic carbocycles. The minimum absolute atomic E-state index is 0.0602. The van der Waals surface area contributed by atoms with Crippen LogP contribution in [0.15, 0.2) is 12.1 Å². The first kappa shape index (κ1) is 17.3. The molecule has 2 nitrogen and oxygen atoms in total. The Morgan fingerprint density at radius 3 is 2.45 bits per heavy atom. The molecular weight excluding hydrogens is 275 g/mol. The predicted molar refractivity (Wildman–Crippen MR) is 93.1 cm³/mol. The zero-order chi connectivity index (χ0) is 16.7. The minimum atomic E-state index is -0.0950. The van der Waals surface area contributed by atoms with Crippen molar-refractivity contribution in [2.24, 2.45) is 0 Å². The van der Waals surface area contributed by atoms with E-state index in [1.54, 1.807) is 6.07 Å². The fourth-order valence-electron chi connectivity index (χ4n) is 3.94. The Hall–Kier alpha value is -1.09. The van der Waals surface area contributed by atoms with Crippen LogP contribution in [0.25, 0.3) is 0 Å². The molecular formula is C19H31FN2. The van der Waals surface area contributed by atoms with E-state index in [9.17, 15) is 4.39 Å². The molecule has 1 atom stereocenters. The van der Waals surface area contributed by atoms with Crippen molar-refractivity contribution in [1.82, 2.24) is 5.32 Å². The number of hydrogen-bond donors (Lipinski definition) is 1. The van der Waals surface area contributed by atoms with Crippen LogP contribution in [0.4, 0.5) is 10.1 Å². The highest BCUT2D eigenvalue weighted by molar-refractivity contribution is 5.61. The van der Waals surface area contributed by atoms with Gasteiger partial charge in [-0.15, -0.1) is 0 Å². The Labute approximate surface area is 135 Å². The molecule has 1 aliphatic rings. The second-order valence-corrected chi connectivity index (χ2v) is 7.92. The molecule has 0 spiro atoms. The van der Waals surface area contributed by atoms with Crippen molar-refractivity contribution in [3.05, 3.63) is 29.1 Å². The second kappa shape index (κ2) is 6.19. The van der Waals surface area contributed by atoms with Crippen LogP contribution in [0, 0.1) is 5.82 Å². The van der Waals surface area contributed by atoms with Gasteiger partial charge in [0.1, 0.15) is 5.82 Å². The third-order valence-corrected chi connectivity index (χ3v) is 4.66. The van der Waals surface area contributed by atoms with Crippen LogP contribution < -0.4 is 10.2 Å². The number of rotatable bonds is 4. The van der Waals surface area contributed by atoms with E-state index in [1.165, 1.54) is 5.56 Å². The van der Waals surface area contributed by atoms with Crippen LogP contribution in [0.1, 0.15) is 71.9 Å². The lowest BCUT2D eigenvalue weighted by Crippen LogP contribution is -2.52. The van der Waals surface area contributed by atoms with Gasteiger partial charge in [0.2, 0.25) is 0 Å². The van der Waals surface area contributed by atoms with E-state index in [2.05, 4.69) is 64.7 Å². The van der Waals surface area contributed by atoms with E-state index in [-0.39, 0.29) is 11.4 Å². The van der Waals surface area contributed by atoms with E-state index in [0.29, 0.717) is 24.5 Å². The maximum Gasteiger partial charge on any atom is 0.129 e. The highest BCUT2D eigenvalue weighted by Gasteiger charge is 2.38. The average Bonchev–Trinajstić information content (AvgIpc) is 2.34. The predicted octanol–water partition coefficient (Wildman–Crippen LogP) is 4.82. The monoisotopic (exact) mass is 306 g/mol. The van der Waals surface area contributed by atoms with Crippen LogP contribution in [-0.2, 0) is 6.54 Å². The summed E-state index contributed by atoms with van der Waals surface area (Å²) in [5.41, 5.74) is 3.20. The lowest BCUT2D eigenvalue weighted by Gasteiger charge is -2.50. The number of anilines is 1. The Morgan fingerprint density at radius 1 is 1.27 bits per heavy atom. The summed E-state index contributed by atoms with van der Waals surface area (Å²) in [6.45, 7) is 15.9. The van der Waals surface area contributed by atoms with E-state index < -0.39 is 0 Å². The number of nitrogens with zero attached hydrogens (tertiary/aromatic N) is 1. The second-order valence-electron chi connectivity index (χ2n) is 7.92. The Bertz CT molecular complexity index is 534. The first-order chi connectivity index (χ1) is 10.1. The molecule has 0 saturated carbocycles. The van der Waals surface area contributed by atoms with Crippen LogP contribution in [0.2, 0.25) is 0 Å². The van der Waals surface area contributed by atoms with Crippen molar-refractivity contribution in [1.29, 1.82) is 0 Å². The first-order valence-corrected chi connectivity index (χ1v) is 8.48. The van der Waals surface area contributed by atoms with Gasteiger partial charge in [0.05, 0.1) is 0 Å².